The van der Waals surface area contributed by atoms with Crippen LogP contribution in [0, 0.1) is 12.8 Å². The van der Waals surface area contributed by atoms with E-state index >= 15 is 0 Å². The molecule has 178 valence electrons. The van der Waals surface area contributed by atoms with Gasteiger partial charge in [0, 0.05) is 22.9 Å². The number of tetrazole rings is 1. The molecule has 0 saturated heterocycles. The summed E-state index contributed by atoms with van der Waals surface area (Å²) in [6.45, 7) is -4.44. The summed E-state index contributed by atoms with van der Waals surface area (Å²) >= 11 is 6.31. The number of imidazole rings is 1. The molecule has 2 unspecified atom stereocenters. The van der Waals surface area contributed by atoms with Crippen molar-refractivity contribution in [3.63, 3.8) is 0 Å². The molecule has 0 saturated carbocycles. The van der Waals surface area contributed by atoms with Crippen LogP contribution in [-0.2, 0) is 20.0 Å². The fraction of sp³-hybridized carbons (Fsp3) is 0.385. The van der Waals surface area contributed by atoms with E-state index in [9.17, 15) is 2.74 Å². The third-order valence-corrected chi connectivity index (χ3v) is 5.05. The summed E-state index contributed by atoms with van der Waals surface area (Å²) in [5.41, 5.74) is -3.58. The van der Waals surface area contributed by atoms with E-state index in [1.54, 1.807) is 0 Å². The normalized spacial score (nSPS) is 25.4. The second kappa shape index (κ2) is 10.1. The second-order valence-electron chi connectivity index (χ2n) is 7.08. The van der Waals surface area contributed by atoms with E-state index in [1.165, 1.54) is 7.05 Å². The standard InChI is InChI=1S/C26H31ClN6O/c1-6-16(2)13-24-28-25(27)23(15-34)33(24)18(4)20-12-11-19(14-17(20)3)21-9-7-8-10-22(21)26-29-31-32(5)30-26/h7-12,14,16,18,34H,6,13,15H2,1-5H3/p+1/i1D3,6D2,7D,8D,9D,10D,11D,12D,13D2,14D,15D2,16D,18D,34D/hD. The highest BCUT2D eigenvalue weighted by Crippen LogP contribution is 2.34. The summed E-state index contributed by atoms with van der Waals surface area (Å²) in [6.07, 6.45) is -7.28. The minimum absolute atomic E-state index is 0.309. The Labute approximate surface area is 233 Å². The lowest BCUT2D eigenvalue weighted by Gasteiger charge is -2.22. The van der Waals surface area contributed by atoms with Gasteiger partial charge in [-0.3, -0.25) is 0 Å². The molecule has 2 heterocycles. The molecule has 8 heteroatoms. The Morgan fingerprint density at radius 2 is 2.06 bits per heavy atom. The first-order chi connectivity index (χ1) is 24.2. The minimum atomic E-state index is -3.66. The van der Waals surface area contributed by atoms with Crippen molar-refractivity contribution in [2.75, 3.05) is 0 Å². The lowest BCUT2D eigenvalue weighted by atomic mass is 9.93. The van der Waals surface area contributed by atoms with Gasteiger partial charge in [0.1, 0.15) is 14.3 Å². The van der Waals surface area contributed by atoms with E-state index in [0.717, 1.165) is 18.6 Å². The number of aromatic nitrogens is 6. The minimum Gasteiger partial charge on any atom is -0.441 e. The maximum Gasteiger partial charge on any atom is 0.487 e. The topological polar surface area (TPSA) is 84.3 Å². The zero-order valence-electron chi connectivity index (χ0n) is 38.5. The van der Waals surface area contributed by atoms with Gasteiger partial charge >= 0.3 is 2.86 Å². The Balaban J connectivity index is 2.20. The van der Waals surface area contributed by atoms with Crippen LogP contribution in [0.25, 0.3) is 22.5 Å². The van der Waals surface area contributed by atoms with Gasteiger partial charge in [-0.15, -0.1) is 10.2 Å². The smallest absolute Gasteiger partial charge is 0.441 e. The van der Waals surface area contributed by atoms with Gasteiger partial charge in [0.15, 0.2) is 11.7 Å². The van der Waals surface area contributed by atoms with Crippen molar-refractivity contribution < 1.29 is 29.8 Å². The van der Waals surface area contributed by atoms with Gasteiger partial charge in [-0.05, 0) is 47.2 Å². The lowest BCUT2D eigenvalue weighted by molar-refractivity contribution is 0.268. The van der Waals surface area contributed by atoms with Gasteiger partial charge in [0.25, 0.3) is 0 Å². The fourth-order valence-corrected chi connectivity index (χ4v) is 3.44. The van der Waals surface area contributed by atoms with Crippen LogP contribution in [0.2, 0.25) is 5.15 Å². The zero-order valence-corrected chi connectivity index (χ0v) is 19.2. The molecule has 0 aliphatic carbocycles. The summed E-state index contributed by atoms with van der Waals surface area (Å²) in [4.78, 5) is 4.78. The van der Waals surface area contributed by atoms with Crippen LogP contribution >= 0.6 is 11.6 Å². The SMILES string of the molecule is [2H]c1c([2H])c([2H])c(-c2c([2H])c([2H])c(C([2H])(C)n3c(C([2H])([2H])C([2H])(C)C([2H])([2H])C([2H])([2H])[2H])nc(Cl)c3C([2H])([2H])[O+]([2H])[2H])c(C)c2[2H])c(-c2nnn(C)n2)c1[2H]. The molecule has 0 aliphatic heterocycles. The van der Waals surface area contributed by atoms with Gasteiger partial charge < -0.3 is 9.68 Å². The summed E-state index contributed by atoms with van der Waals surface area (Å²) in [5.74, 6) is -4.91. The van der Waals surface area contributed by atoms with Crippen molar-refractivity contribution in [1.29, 1.82) is 2.86 Å². The third kappa shape index (κ3) is 4.63. The first-order valence-corrected chi connectivity index (χ1v) is 10.1. The molecule has 0 aliphatic rings. The molecule has 2 aromatic heterocycles. The zero-order chi connectivity index (χ0) is 41.8. The van der Waals surface area contributed by atoms with E-state index in [-0.39, 0.29) is 17.0 Å². The molecular formula is C26H32ClN6O+. The van der Waals surface area contributed by atoms with Crippen molar-refractivity contribution in [3.05, 3.63) is 70.1 Å². The molecule has 2 aromatic carbocycles. The molecule has 0 spiro atoms. The number of hydrogen-bond donors (Lipinski definition) is 0. The second-order valence-corrected chi connectivity index (χ2v) is 7.43. The van der Waals surface area contributed by atoms with Crippen LogP contribution in [-0.4, -0.2) is 37.7 Å². The van der Waals surface area contributed by atoms with Gasteiger partial charge in [-0.25, -0.2) is 4.98 Å². The van der Waals surface area contributed by atoms with E-state index in [1.807, 2.05) is 0 Å². The maximum atomic E-state index is 9.63. The van der Waals surface area contributed by atoms with Crippen molar-refractivity contribution in [1.82, 2.24) is 29.8 Å². The van der Waals surface area contributed by atoms with Crippen molar-refractivity contribution >= 4 is 11.6 Å². The van der Waals surface area contributed by atoms with Crippen molar-refractivity contribution in [2.24, 2.45) is 12.9 Å². The van der Waals surface area contributed by atoms with Crippen molar-refractivity contribution in [2.45, 2.75) is 52.9 Å². The number of benzene rings is 2. The molecular weight excluding hydrogens is 448 g/mol. The van der Waals surface area contributed by atoms with Gasteiger partial charge in [0.05, 0.1) is 24.0 Å². The lowest BCUT2D eigenvalue weighted by Crippen LogP contribution is -2.16. The van der Waals surface area contributed by atoms with Gasteiger partial charge in [-0.2, -0.15) is 4.80 Å². The average Bonchev–Trinajstić information content (AvgIpc) is 3.64. The number of rotatable bonds is 9. The van der Waals surface area contributed by atoms with Crippen molar-refractivity contribution in [3.8, 4) is 22.5 Å². The van der Waals surface area contributed by atoms with Crippen LogP contribution in [0.4, 0.5) is 0 Å². The number of hydrogen-bond acceptors (Lipinski definition) is 4. The van der Waals surface area contributed by atoms with Crippen LogP contribution in [0.5, 0.6) is 0 Å². The van der Waals surface area contributed by atoms with Gasteiger partial charge in [0.2, 0.25) is 5.82 Å². The summed E-state index contributed by atoms with van der Waals surface area (Å²) in [7, 11) is 1.37. The molecule has 4 aromatic rings. The Bertz CT molecular complexity index is 2130. The van der Waals surface area contributed by atoms with E-state index in [4.69, 9.17) is 36.4 Å². The Morgan fingerprint density at radius 1 is 1.26 bits per heavy atom. The van der Waals surface area contributed by atoms with E-state index in [0.29, 0.717) is 16.6 Å². The molecule has 2 N–H and O–H groups in total. The molecule has 7 nitrogen and oxygen atoms in total. The predicted molar refractivity (Wildman–Crippen MR) is 136 cm³/mol. The summed E-state index contributed by atoms with van der Waals surface area (Å²) < 4.78 is 170. The number of halogens is 1. The molecule has 0 amide bonds. The number of aryl methyl sites for hydroxylation is 1. The highest BCUT2D eigenvalue weighted by Gasteiger charge is 2.24. The van der Waals surface area contributed by atoms with Crippen LogP contribution in [0.1, 0.15) is 80.4 Å². The fourth-order valence-electron chi connectivity index (χ4n) is 3.24. The predicted octanol–water partition coefficient (Wildman–Crippen LogP) is 5.12. The Morgan fingerprint density at radius 3 is 2.76 bits per heavy atom. The quantitative estimate of drug-likeness (QED) is 0.299. The summed E-state index contributed by atoms with van der Waals surface area (Å²) in [5, 5.41) is 11.0. The van der Waals surface area contributed by atoms with Crippen LogP contribution in [0.3, 0.4) is 0 Å². The third-order valence-electron chi connectivity index (χ3n) is 4.79. The first kappa shape index (κ1) is 9.55. The largest absolute Gasteiger partial charge is 0.487 e. The average molecular weight is 500 g/mol. The maximum absolute atomic E-state index is 9.63. The first-order valence-electron chi connectivity index (χ1n) is 19.6. The number of nitrogens with zero attached hydrogens (tertiary/aromatic N) is 6. The van der Waals surface area contributed by atoms with Gasteiger partial charge in [-0.1, -0.05) is 74.0 Å². The van der Waals surface area contributed by atoms with Crippen LogP contribution < -0.4 is 0 Å². The summed E-state index contributed by atoms with van der Waals surface area (Å²) in [6, 6.07) is -8.37. The molecule has 0 fully saturated rings. The van der Waals surface area contributed by atoms with E-state index in [2.05, 4.69) is 20.4 Å². The van der Waals surface area contributed by atoms with Crippen LogP contribution in [0.15, 0.2) is 42.3 Å². The molecule has 34 heavy (non-hydrogen) atoms. The molecule has 0 radical (unpaired) electrons. The monoisotopic (exact) mass is 499 g/mol. The molecule has 2 atom stereocenters. The molecule has 0 bridgehead atoms. The highest BCUT2D eigenvalue weighted by atomic mass is 35.5. The van der Waals surface area contributed by atoms with E-state index < -0.39 is 114 Å². The Hall–Kier alpha value is -3.03. The highest BCUT2D eigenvalue weighted by molar-refractivity contribution is 6.30. The molecule has 4 rings (SSSR count). The Kier molecular flexibility index (Phi) is 2.83.